The van der Waals surface area contributed by atoms with Crippen molar-refractivity contribution in [2.24, 2.45) is 0 Å². The maximum absolute atomic E-state index is 13.2. The minimum absolute atomic E-state index is 0.311. The Kier molecular flexibility index (Phi) is 3.87. The van der Waals surface area contributed by atoms with Crippen LogP contribution in [0.1, 0.15) is 5.69 Å². The van der Waals surface area contributed by atoms with E-state index in [4.69, 9.17) is 10.2 Å². The zero-order valence-corrected chi connectivity index (χ0v) is 11.8. The van der Waals surface area contributed by atoms with Gasteiger partial charge in [-0.05, 0) is 30.3 Å². The number of benzene rings is 1. The molecule has 0 bridgehead atoms. The molecule has 2 aromatic heterocycles. The van der Waals surface area contributed by atoms with Gasteiger partial charge in [0.25, 0.3) is 0 Å². The minimum Gasteiger partial charge on any atom is -0.444 e. The van der Waals surface area contributed by atoms with E-state index < -0.39 is 0 Å². The number of aromatic nitrogens is 2. The summed E-state index contributed by atoms with van der Waals surface area (Å²) in [6, 6.07) is 9.83. The van der Waals surface area contributed by atoms with E-state index in [1.54, 1.807) is 42.4 Å². The molecule has 0 unspecified atom stereocenters. The first-order chi connectivity index (χ1) is 10.2. The van der Waals surface area contributed by atoms with Gasteiger partial charge in [0.15, 0.2) is 0 Å². The van der Waals surface area contributed by atoms with Crippen LogP contribution in [0.15, 0.2) is 58.2 Å². The van der Waals surface area contributed by atoms with Crippen LogP contribution in [-0.4, -0.2) is 9.97 Å². The monoisotopic (exact) mass is 301 g/mol. The highest BCUT2D eigenvalue weighted by Crippen LogP contribution is 2.25. The summed E-state index contributed by atoms with van der Waals surface area (Å²) >= 11 is 1.58. The van der Waals surface area contributed by atoms with Gasteiger partial charge in [0.2, 0.25) is 5.89 Å². The van der Waals surface area contributed by atoms with E-state index >= 15 is 0 Å². The number of pyridine rings is 1. The van der Waals surface area contributed by atoms with Crippen molar-refractivity contribution in [2.45, 2.75) is 10.6 Å². The van der Waals surface area contributed by atoms with Gasteiger partial charge in [-0.15, -0.1) is 11.8 Å². The number of halogens is 1. The first-order valence-electron chi connectivity index (χ1n) is 6.25. The number of anilines is 1. The van der Waals surface area contributed by atoms with Crippen molar-refractivity contribution < 1.29 is 8.81 Å². The first-order valence-corrected chi connectivity index (χ1v) is 7.24. The summed E-state index contributed by atoms with van der Waals surface area (Å²) in [6.45, 7) is 0. The largest absolute Gasteiger partial charge is 0.444 e. The van der Waals surface area contributed by atoms with Crippen LogP contribution in [0.25, 0.3) is 11.5 Å². The maximum Gasteiger partial charge on any atom is 0.226 e. The van der Waals surface area contributed by atoms with Gasteiger partial charge in [-0.2, -0.15) is 0 Å². The average Bonchev–Trinajstić information content (AvgIpc) is 2.96. The summed E-state index contributed by atoms with van der Waals surface area (Å²) in [6.07, 6.45) is 3.30. The Morgan fingerprint density at radius 2 is 2.14 bits per heavy atom. The molecule has 6 heteroatoms. The molecule has 0 fully saturated rings. The third-order valence-corrected chi connectivity index (χ3v) is 3.78. The second-order valence-electron chi connectivity index (χ2n) is 4.36. The predicted octanol–water partition coefficient (Wildman–Crippen LogP) is 3.75. The molecule has 3 rings (SSSR count). The van der Waals surface area contributed by atoms with Crippen molar-refractivity contribution in [1.82, 2.24) is 9.97 Å². The molecule has 2 N–H and O–H groups in total. The second-order valence-corrected chi connectivity index (χ2v) is 5.41. The van der Waals surface area contributed by atoms with Crippen molar-refractivity contribution in [3.05, 3.63) is 60.4 Å². The van der Waals surface area contributed by atoms with E-state index in [2.05, 4.69) is 9.97 Å². The second kappa shape index (κ2) is 5.97. The van der Waals surface area contributed by atoms with E-state index in [-0.39, 0.29) is 5.82 Å². The molecule has 0 aliphatic rings. The van der Waals surface area contributed by atoms with Crippen LogP contribution in [-0.2, 0) is 5.75 Å². The van der Waals surface area contributed by atoms with Gasteiger partial charge in [0, 0.05) is 22.4 Å². The van der Waals surface area contributed by atoms with E-state index in [9.17, 15) is 4.39 Å². The van der Waals surface area contributed by atoms with Crippen LogP contribution in [0, 0.1) is 5.82 Å². The fourth-order valence-electron chi connectivity index (χ4n) is 1.76. The molecule has 0 amide bonds. The molecule has 21 heavy (non-hydrogen) atoms. The normalized spacial score (nSPS) is 10.7. The van der Waals surface area contributed by atoms with Crippen molar-refractivity contribution in [3.8, 4) is 11.5 Å². The Morgan fingerprint density at radius 1 is 1.24 bits per heavy atom. The van der Waals surface area contributed by atoms with Crippen LogP contribution >= 0.6 is 11.8 Å². The molecular formula is C15H12FN3OS. The summed E-state index contributed by atoms with van der Waals surface area (Å²) in [5.41, 5.74) is 6.95. The number of hydrogen-bond acceptors (Lipinski definition) is 5. The quantitative estimate of drug-likeness (QED) is 0.743. The van der Waals surface area contributed by atoms with E-state index in [1.165, 1.54) is 12.1 Å². The molecule has 2 heterocycles. The average molecular weight is 301 g/mol. The number of nitrogens with two attached hydrogens (primary N) is 1. The van der Waals surface area contributed by atoms with Gasteiger partial charge in [0.1, 0.15) is 17.9 Å². The highest BCUT2D eigenvalue weighted by Gasteiger charge is 2.08. The number of thioether (sulfide) groups is 1. The zero-order chi connectivity index (χ0) is 14.7. The van der Waals surface area contributed by atoms with E-state index in [1.807, 2.05) is 6.07 Å². The van der Waals surface area contributed by atoms with Gasteiger partial charge in [-0.3, -0.25) is 0 Å². The minimum atomic E-state index is -0.311. The lowest BCUT2D eigenvalue weighted by Crippen LogP contribution is -1.88. The predicted molar refractivity (Wildman–Crippen MR) is 80.1 cm³/mol. The topological polar surface area (TPSA) is 64.9 Å². The molecule has 3 aromatic rings. The summed E-state index contributed by atoms with van der Waals surface area (Å²) in [5, 5.41) is 0. The van der Waals surface area contributed by atoms with Crippen molar-refractivity contribution in [1.29, 1.82) is 0 Å². The van der Waals surface area contributed by atoms with Crippen LogP contribution < -0.4 is 5.73 Å². The lowest BCUT2D eigenvalue weighted by atomic mass is 10.2. The highest BCUT2D eigenvalue weighted by molar-refractivity contribution is 7.98. The van der Waals surface area contributed by atoms with Crippen molar-refractivity contribution in [2.75, 3.05) is 5.73 Å². The fourth-order valence-corrected chi connectivity index (χ4v) is 2.50. The Bertz CT molecular complexity index is 743. The first kappa shape index (κ1) is 13.6. The molecule has 4 nitrogen and oxygen atoms in total. The Morgan fingerprint density at radius 3 is 2.90 bits per heavy atom. The zero-order valence-electron chi connectivity index (χ0n) is 11.0. The smallest absolute Gasteiger partial charge is 0.226 e. The molecule has 0 spiro atoms. The molecule has 0 radical (unpaired) electrons. The number of oxazole rings is 1. The summed E-state index contributed by atoms with van der Waals surface area (Å²) in [4.78, 5) is 9.38. The number of hydrogen-bond donors (Lipinski definition) is 1. The summed E-state index contributed by atoms with van der Waals surface area (Å²) in [7, 11) is 0. The van der Waals surface area contributed by atoms with E-state index in [0.29, 0.717) is 23.0 Å². The van der Waals surface area contributed by atoms with Crippen LogP contribution in [0.3, 0.4) is 0 Å². The maximum atomic E-state index is 13.2. The van der Waals surface area contributed by atoms with Crippen LogP contribution in [0.2, 0.25) is 0 Å². The number of rotatable bonds is 4. The molecule has 0 saturated carbocycles. The lowest BCUT2D eigenvalue weighted by molar-refractivity contribution is 0.571. The Balaban J connectivity index is 1.69. The van der Waals surface area contributed by atoms with Crippen LogP contribution in [0.5, 0.6) is 0 Å². The highest BCUT2D eigenvalue weighted by atomic mass is 32.2. The molecule has 0 atom stereocenters. The van der Waals surface area contributed by atoms with Gasteiger partial charge >= 0.3 is 0 Å². The number of nitrogen functional groups attached to an aromatic ring is 1. The molecule has 0 aliphatic carbocycles. The van der Waals surface area contributed by atoms with Crippen LogP contribution in [0.4, 0.5) is 10.2 Å². The number of nitrogens with zero attached hydrogens (tertiary/aromatic N) is 2. The molecule has 0 aliphatic heterocycles. The van der Waals surface area contributed by atoms with Crippen molar-refractivity contribution in [3.63, 3.8) is 0 Å². The SMILES string of the molecule is Nc1ccc(SCc2coc(-c3cccc(F)c3)n2)cn1. The van der Waals surface area contributed by atoms with Crippen molar-refractivity contribution >= 4 is 17.6 Å². The molecule has 0 saturated heterocycles. The lowest BCUT2D eigenvalue weighted by Gasteiger charge is -1.98. The van der Waals surface area contributed by atoms with Gasteiger partial charge in [-0.25, -0.2) is 14.4 Å². The van der Waals surface area contributed by atoms with E-state index in [0.717, 1.165) is 10.6 Å². The molecular weight excluding hydrogens is 289 g/mol. The Labute approximate surface area is 125 Å². The third-order valence-electron chi connectivity index (χ3n) is 2.77. The molecule has 1 aromatic carbocycles. The van der Waals surface area contributed by atoms with Gasteiger partial charge in [-0.1, -0.05) is 6.07 Å². The molecule has 106 valence electrons. The standard InChI is InChI=1S/C15H12FN3OS/c16-11-3-1-2-10(6-11)15-19-12(8-20-15)9-21-13-4-5-14(17)18-7-13/h1-8H,9H2,(H2,17,18). The summed E-state index contributed by atoms with van der Waals surface area (Å²) in [5.74, 6) is 1.24. The fraction of sp³-hybridized carbons (Fsp3) is 0.0667. The summed E-state index contributed by atoms with van der Waals surface area (Å²) < 4.78 is 18.6. The van der Waals surface area contributed by atoms with Gasteiger partial charge < -0.3 is 10.2 Å². The third kappa shape index (κ3) is 3.41. The Hall–Kier alpha value is -2.34. The van der Waals surface area contributed by atoms with Gasteiger partial charge in [0.05, 0.1) is 5.69 Å².